The van der Waals surface area contributed by atoms with Crippen LogP contribution in [0, 0.1) is 0 Å². The normalized spacial score (nSPS) is 13.3. The number of hydrogen-bond acceptors (Lipinski definition) is 0. The standard InChI is InChI=1S/C9H6Cl6/c10-8(11,12)7(9(13,14)15)6-4-2-1-3-5-6/h1-5,7H. The highest BCUT2D eigenvalue weighted by Gasteiger charge is 2.47. The van der Waals surface area contributed by atoms with E-state index < -0.39 is 13.5 Å². The van der Waals surface area contributed by atoms with Crippen LogP contribution in [0.25, 0.3) is 0 Å². The van der Waals surface area contributed by atoms with E-state index >= 15 is 0 Å². The fraction of sp³-hybridized carbons (Fsp3) is 0.333. The summed E-state index contributed by atoms with van der Waals surface area (Å²) in [5, 5.41) is 0. The van der Waals surface area contributed by atoms with Gasteiger partial charge in [-0.2, -0.15) is 0 Å². The summed E-state index contributed by atoms with van der Waals surface area (Å²) in [6, 6.07) is 8.89. The lowest BCUT2D eigenvalue weighted by molar-refractivity contribution is 0.725. The highest BCUT2D eigenvalue weighted by atomic mass is 35.6. The number of alkyl halides is 6. The molecule has 0 aromatic heterocycles. The van der Waals surface area contributed by atoms with Crippen molar-refractivity contribution in [3.05, 3.63) is 35.9 Å². The minimum Gasteiger partial charge on any atom is -0.0828 e. The van der Waals surface area contributed by atoms with E-state index in [1.54, 1.807) is 24.3 Å². The van der Waals surface area contributed by atoms with Gasteiger partial charge in [0.1, 0.15) is 0 Å². The molecule has 0 bridgehead atoms. The van der Waals surface area contributed by atoms with Crippen molar-refractivity contribution in [1.29, 1.82) is 0 Å². The van der Waals surface area contributed by atoms with Gasteiger partial charge < -0.3 is 0 Å². The second-order valence-corrected chi connectivity index (χ2v) is 7.66. The Morgan fingerprint density at radius 3 is 1.47 bits per heavy atom. The van der Waals surface area contributed by atoms with Crippen molar-refractivity contribution in [3.8, 4) is 0 Å². The number of rotatable bonds is 1. The third-order valence-electron chi connectivity index (χ3n) is 1.79. The second kappa shape index (κ2) is 5.08. The highest BCUT2D eigenvalue weighted by molar-refractivity contribution is 6.73. The molecule has 0 saturated carbocycles. The van der Waals surface area contributed by atoms with Gasteiger partial charge in [0, 0.05) is 0 Å². The van der Waals surface area contributed by atoms with E-state index in [1.165, 1.54) is 0 Å². The minimum atomic E-state index is -1.67. The van der Waals surface area contributed by atoms with E-state index in [9.17, 15) is 0 Å². The molecule has 0 atom stereocenters. The fourth-order valence-corrected chi connectivity index (χ4v) is 3.45. The molecule has 0 saturated heterocycles. The predicted octanol–water partition coefficient (Wildman–Crippen LogP) is 5.51. The Morgan fingerprint density at radius 2 is 1.13 bits per heavy atom. The van der Waals surface area contributed by atoms with Gasteiger partial charge in [-0.3, -0.25) is 0 Å². The molecule has 0 aliphatic carbocycles. The van der Waals surface area contributed by atoms with Gasteiger partial charge in [0.25, 0.3) is 0 Å². The van der Waals surface area contributed by atoms with E-state index in [4.69, 9.17) is 69.6 Å². The molecule has 1 aromatic rings. The van der Waals surface area contributed by atoms with Crippen molar-refractivity contribution in [1.82, 2.24) is 0 Å². The monoisotopic (exact) mass is 324 g/mol. The van der Waals surface area contributed by atoms with Crippen LogP contribution >= 0.6 is 69.6 Å². The maximum absolute atomic E-state index is 5.80. The van der Waals surface area contributed by atoms with Gasteiger partial charge in [0.05, 0.1) is 5.92 Å². The summed E-state index contributed by atoms with van der Waals surface area (Å²) in [6.07, 6.45) is 0. The minimum absolute atomic E-state index is 0.664. The Balaban J connectivity index is 3.15. The molecule has 0 N–H and O–H groups in total. The third kappa shape index (κ3) is 4.03. The smallest absolute Gasteiger partial charge is 0.0828 e. The zero-order valence-electron chi connectivity index (χ0n) is 7.23. The lowest BCUT2D eigenvalue weighted by Crippen LogP contribution is -2.29. The van der Waals surface area contributed by atoms with Crippen molar-refractivity contribution < 1.29 is 0 Å². The Kier molecular flexibility index (Phi) is 4.75. The average Bonchev–Trinajstić information content (AvgIpc) is 2.00. The summed E-state index contributed by atoms with van der Waals surface area (Å²) >= 11 is 34.8. The topological polar surface area (TPSA) is 0 Å². The van der Waals surface area contributed by atoms with Crippen LogP contribution in [0.3, 0.4) is 0 Å². The Morgan fingerprint density at radius 1 is 0.733 bits per heavy atom. The molecular weight excluding hydrogens is 321 g/mol. The first kappa shape index (κ1) is 14.0. The lowest BCUT2D eigenvalue weighted by Gasteiger charge is -2.30. The molecule has 0 amide bonds. The number of halogens is 6. The van der Waals surface area contributed by atoms with E-state index in [0.29, 0.717) is 5.56 Å². The summed E-state index contributed by atoms with van der Waals surface area (Å²) in [4.78, 5) is 0. The van der Waals surface area contributed by atoms with Gasteiger partial charge in [-0.05, 0) is 5.56 Å². The van der Waals surface area contributed by atoms with Crippen LogP contribution in [0.2, 0.25) is 0 Å². The van der Waals surface area contributed by atoms with Crippen LogP contribution in [-0.4, -0.2) is 7.59 Å². The zero-order valence-corrected chi connectivity index (χ0v) is 11.8. The third-order valence-corrected chi connectivity index (χ3v) is 3.10. The first-order valence-electron chi connectivity index (χ1n) is 3.91. The Labute approximate surface area is 118 Å². The molecule has 0 heterocycles. The van der Waals surface area contributed by atoms with Crippen molar-refractivity contribution in [2.75, 3.05) is 0 Å². The lowest BCUT2D eigenvalue weighted by atomic mass is 10.0. The highest BCUT2D eigenvalue weighted by Crippen LogP contribution is 2.53. The van der Waals surface area contributed by atoms with Gasteiger partial charge in [-0.25, -0.2) is 0 Å². The van der Waals surface area contributed by atoms with Gasteiger partial charge in [-0.1, -0.05) is 99.9 Å². The van der Waals surface area contributed by atoms with Gasteiger partial charge >= 0.3 is 0 Å². The maximum atomic E-state index is 5.80. The van der Waals surface area contributed by atoms with Crippen LogP contribution < -0.4 is 0 Å². The average molecular weight is 327 g/mol. The summed E-state index contributed by atoms with van der Waals surface area (Å²) < 4.78 is -3.35. The van der Waals surface area contributed by atoms with Crippen LogP contribution in [0.4, 0.5) is 0 Å². The van der Waals surface area contributed by atoms with E-state index in [-0.39, 0.29) is 0 Å². The molecule has 0 fully saturated rings. The first-order chi connectivity index (χ1) is 6.73. The molecule has 84 valence electrons. The SMILES string of the molecule is ClC(Cl)(Cl)C(c1ccccc1)C(Cl)(Cl)Cl. The van der Waals surface area contributed by atoms with Crippen molar-refractivity contribution >= 4 is 69.6 Å². The molecule has 0 aliphatic heterocycles. The summed E-state index contributed by atoms with van der Waals surface area (Å²) in [5.74, 6) is -0.818. The first-order valence-corrected chi connectivity index (χ1v) is 6.18. The molecule has 0 radical (unpaired) electrons. The largest absolute Gasteiger partial charge is 0.201 e. The van der Waals surface area contributed by atoms with Crippen molar-refractivity contribution in [2.24, 2.45) is 0 Å². The zero-order chi connectivity index (χ0) is 11.7. The molecule has 1 rings (SSSR count). The summed E-state index contributed by atoms with van der Waals surface area (Å²) in [7, 11) is 0. The van der Waals surface area contributed by atoms with Crippen LogP contribution in [0.5, 0.6) is 0 Å². The van der Waals surface area contributed by atoms with E-state index in [0.717, 1.165) is 0 Å². The Hall–Kier alpha value is 0.960. The molecule has 0 nitrogen and oxygen atoms in total. The molecule has 0 spiro atoms. The van der Waals surface area contributed by atoms with E-state index in [1.807, 2.05) is 6.07 Å². The van der Waals surface area contributed by atoms with Crippen LogP contribution in [0.1, 0.15) is 11.5 Å². The molecule has 15 heavy (non-hydrogen) atoms. The predicted molar refractivity (Wildman–Crippen MR) is 69.8 cm³/mol. The maximum Gasteiger partial charge on any atom is 0.201 e. The summed E-state index contributed by atoms with van der Waals surface area (Å²) in [6.45, 7) is 0. The number of benzene rings is 1. The van der Waals surface area contributed by atoms with Gasteiger partial charge in [0.2, 0.25) is 7.59 Å². The molecular formula is C9H6Cl6. The molecule has 0 unspecified atom stereocenters. The van der Waals surface area contributed by atoms with Crippen LogP contribution in [-0.2, 0) is 0 Å². The fourth-order valence-electron chi connectivity index (χ4n) is 1.21. The van der Waals surface area contributed by atoms with Gasteiger partial charge in [0.15, 0.2) is 0 Å². The van der Waals surface area contributed by atoms with Crippen LogP contribution in [0.15, 0.2) is 30.3 Å². The van der Waals surface area contributed by atoms with Crippen molar-refractivity contribution in [3.63, 3.8) is 0 Å². The summed E-state index contributed by atoms with van der Waals surface area (Å²) in [5.41, 5.74) is 0.664. The quantitative estimate of drug-likeness (QED) is 0.597. The number of hydrogen-bond donors (Lipinski definition) is 0. The molecule has 0 aliphatic rings. The van der Waals surface area contributed by atoms with E-state index in [2.05, 4.69) is 0 Å². The second-order valence-electron chi connectivity index (χ2n) is 2.93. The van der Waals surface area contributed by atoms with Gasteiger partial charge in [-0.15, -0.1) is 0 Å². The van der Waals surface area contributed by atoms with Crippen molar-refractivity contribution in [2.45, 2.75) is 13.5 Å². The molecule has 6 heteroatoms. The Bertz CT molecular complexity index is 296. The molecule has 1 aromatic carbocycles.